The average Bonchev–Trinajstić information content (AvgIpc) is 3.24. The van der Waals surface area contributed by atoms with Crippen LogP contribution in [-0.4, -0.2) is 51.8 Å². The molecule has 1 N–H and O–H groups in total. The van der Waals surface area contributed by atoms with Crippen LogP contribution in [0, 0.1) is 11.8 Å². The van der Waals surface area contributed by atoms with Crippen LogP contribution in [0.15, 0.2) is 36.9 Å². The second-order valence-corrected chi connectivity index (χ2v) is 6.88. The second-order valence-electron chi connectivity index (χ2n) is 6.88. The summed E-state index contributed by atoms with van der Waals surface area (Å²) < 4.78 is 1.62. The zero-order chi connectivity index (χ0) is 16.9. The molecule has 0 radical (unpaired) electrons. The molecule has 1 atom stereocenters. The number of aromatic nitrogens is 3. The molecule has 1 fully saturated rings. The Morgan fingerprint density at radius 1 is 1.38 bits per heavy atom. The van der Waals surface area contributed by atoms with Gasteiger partial charge in [-0.2, -0.15) is 5.10 Å². The average molecular weight is 327 g/mol. The number of benzene rings is 1. The lowest BCUT2D eigenvalue weighted by atomic mass is 10.1. The number of carbonyl (C=O) groups is 1. The lowest BCUT2D eigenvalue weighted by Gasteiger charge is -2.18. The fourth-order valence-corrected chi connectivity index (χ4v) is 3.29. The van der Waals surface area contributed by atoms with Gasteiger partial charge in [0.2, 0.25) is 0 Å². The minimum atomic E-state index is -0.0524. The normalized spacial score (nSPS) is 18.2. The quantitative estimate of drug-likeness (QED) is 0.881. The van der Waals surface area contributed by atoms with Crippen LogP contribution in [0.5, 0.6) is 0 Å². The third-order valence-corrected chi connectivity index (χ3v) is 4.36. The molecule has 2 aromatic rings. The molecular formula is C18H25N5O. The number of likely N-dealkylation sites (tertiary alicyclic amines) is 1. The van der Waals surface area contributed by atoms with Gasteiger partial charge in [-0.1, -0.05) is 26.0 Å². The Hall–Kier alpha value is -2.21. The van der Waals surface area contributed by atoms with Crippen molar-refractivity contribution in [1.82, 2.24) is 25.0 Å². The Morgan fingerprint density at radius 3 is 2.96 bits per heavy atom. The maximum Gasteiger partial charge on any atom is 0.253 e. The van der Waals surface area contributed by atoms with Crippen molar-refractivity contribution in [3.05, 3.63) is 42.5 Å². The Bertz CT molecular complexity index is 668. The van der Waals surface area contributed by atoms with Crippen LogP contribution in [0.4, 0.5) is 0 Å². The van der Waals surface area contributed by atoms with Crippen molar-refractivity contribution in [2.24, 2.45) is 11.8 Å². The molecule has 0 spiro atoms. The first kappa shape index (κ1) is 16.6. The predicted molar refractivity (Wildman–Crippen MR) is 93.1 cm³/mol. The fourth-order valence-electron chi connectivity index (χ4n) is 3.29. The van der Waals surface area contributed by atoms with Crippen molar-refractivity contribution in [3.63, 3.8) is 0 Å². The number of nitrogens with zero attached hydrogens (tertiary/aromatic N) is 4. The van der Waals surface area contributed by atoms with Crippen LogP contribution in [0.3, 0.4) is 0 Å². The molecule has 128 valence electrons. The molecule has 6 heteroatoms. The van der Waals surface area contributed by atoms with Gasteiger partial charge in [0.15, 0.2) is 0 Å². The number of carbonyl (C=O) groups excluding carboxylic acids is 1. The van der Waals surface area contributed by atoms with Gasteiger partial charge in [-0.05, 0) is 36.9 Å². The molecule has 1 aliphatic rings. The fraction of sp³-hybridized carbons (Fsp3) is 0.500. The highest BCUT2D eigenvalue weighted by Gasteiger charge is 2.23. The van der Waals surface area contributed by atoms with E-state index in [0.717, 1.165) is 38.3 Å². The minimum Gasteiger partial charge on any atom is -0.352 e. The van der Waals surface area contributed by atoms with E-state index < -0.39 is 0 Å². The summed E-state index contributed by atoms with van der Waals surface area (Å²) >= 11 is 0. The molecule has 0 bridgehead atoms. The highest BCUT2D eigenvalue weighted by atomic mass is 16.1. The molecule has 2 heterocycles. The van der Waals surface area contributed by atoms with Gasteiger partial charge in [0.1, 0.15) is 12.7 Å². The molecule has 24 heavy (non-hydrogen) atoms. The zero-order valence-corrected chi connectivity index (χ0v) is 14.4. The van der Waals surface area contributed by atoms with Gasteiger partial charge in [-0.15, -0.1) is 0 Å². The summed E-state index contributed by atoms with van der Waals surface area (Å²) in [6.07, 6.45) is 4.22. The first-order chi connectivity index (χ1) is 11.6. The first-order valence-corrected chi connectivity index (χ1v) is 8.58. The molecule has 0 aliphatic carbocycles. The van der Waals surface area contributed by atoms with Gasteiger partial charge in [-0.3, -0.25) is 4.79 Å². The minimum absolute atomic E-state index is 0.0524. The van der Waals surface area contributed by atoms with Gasteiger partial charge in [-0.25, -0.2) is 9.67 Å². The Labute approximate surface area is 142 Å². The van der Waals surface area contributed by atoms with Crippen molar-refractivity contribution < 1.29 is 4.79 Å². The zero-order valence-electron chi connectivity index (χ0n) is 14.4. The Kier molecular flexibility index (Phi) is 5.25. The van der Waals surface area contributed by atoms with E-state index in [2.05, 4.69) is 34.1 Å². The lowest BCUT2D eigenvalue weighted by molar-refractivity contribution is 0.0947. The highest BCUT2D eigenvalue weighted by Crippen LogP contribution is 2.17. The van der Waals surface area contributed by atoms with Crippen LogP contribution >= 0.6 is 0 Å². The summed E-state index contributed by atoms with van der Waals surface area (Å²) in [4.78, 5) is 19.0. The second kappa shape index (κ2) is 7.57. The highest BCUT2D eigenvalue weighted by molar-refractivity contribution is 5.97. The van der Waals surface area contributed by atoms with E-state index in [1.54, 1.807) is 11.0 Å². The number of nitrogens with one attached hydrogen (secondary N) is 1. The smallest absolute Gasteiger partial charge is 0.253 e. The van der Waals surface area contributed by atoms with Crippen LogP contribution in [0.25, 0.3) is 5.69 Å². The number of hydrogen-bond acceptors (Lipinski definition) is 4. The van der Waals surface area contributed by atoms with Crippen molar-refractivity contribution >= 4 is 5.91 Å². The Morgan fingerprint density at radius 2 is 2.21 bits per heavy atom. The van der Waals surface area contributed by atoms with Crippen LogP contribution in [0.2, 0.25) is 0 Å². The van der Waals surface area contributed by atoms with E-state index in [1.807, 2.05) is 24.3 Å². The van der Waals surface area contributed by atoms with Gasteiger partial charge in [0, 0.05) is 19.6 Å². The van der Waals surface area contributed by atoms with Gasteiger partial charge in [0.05, 0.1) is 11.3 Å². The molecule has 1 unspecified atom stereocenters. The molecule has 3 rings (SSSR count). The third-order valence-electron chi connectivity index (χ3n) is 4.36. The molecule has 1 aliphatic heterocycles. The number of para-hydroxylation sites is 1. The molecule has 6 nitrogen and oxygen atoms in total. The van der Waals surface area contributed by atoms with E-state index >= 15 is 0 Å². The van der Waals surface area contributed by atoms with Crippen molar-refractivity contribution in [2.45, 2.75) is 20.3 Å². The standard InChI is InChI=1S/C18H25N5O/c1-14(2)10-22-8-7-15(11-22)9-20-18(24)16-5-3-4-6-17(16)23-13-19-12-21-23/h3-6,12-15H,7-11H2,1-2H3,(H,20,24). The van der Waals surface area contributed by atoms with Crippen molar-refractivity contribution in [1.29, 1.82) is 0 Å². The maximum atomic E-state index is 12.6. The maximum absolute atomic E-state index is 12.6. The molecule has 0 saturated carbocycles. The predicted octanol–water partition coefficient (Wildman–Crippen LogP) is 1.97. The van der Waals surface area contributed by atoms with Gasteiger partial charge >= 0.3 is 0 Å². The van der Waals surface area contributed by atoms with E-state index in [0.29, 0.717) is 17.4 Å². The SMILES string of the molecule is CC(C)CN1CCC(CNC(=O)c2ccccc2-n2cncn2)C1. The summed E-state index contributed by atoms with van der Waals surface area (Å²) in [7, 11) is 0. The van der Waals surface area contributed by atoms with E-state index in [-0.39, 0.29) is 5.91 Å². The van der Waals surface area contributed by atoms with Crippen LogP contribution in [-0.2, 0) is 0 Å². The summed E-state index contributed by atoms with van der Waals surface area (Å²) in [5, 5.41) is 7.21. The molecular weight excluding hydrogens is 302 g/mol. The van der Waals surface area contributed by atoms with Crippen molar-refractivity contribution in [3.8, 4) is 5.69 Å². The number of hydrogen-bond donors (Lipinski definition) is 1. The summed E-state index contributed by atoms with van der Waals surface area (Å²) in [6.45, 7) is 8.56. The van der Waals surface area contributed by atoms with E-state index in [1.165, 1.54) is 6.33 Å². The topological polar surface area (TPSA) is 63.1 Å². The number of amides is 1. The number of rotatable bonds is 6. The lowest BCUT2D eigenvalue weighted by Crippen LogP contribution is -2.32. The summed E-state index contributed by atoms with van der Waals surface area (Å²) in [5.74, 6) is 1.17. The summed E-state index contributed by atoms with van der Waals surface area (Å²) in [6, 6.07) is 7.47. The molecule has 1 amide bonds. The van der Waals surface area contributed by atoms with Gasteiger partial charge in [0.25, 0.3) is 5.91 Å². The largest absolute Gasteiger partial charge is 0.352 e. The Balaban J connectivity index is 1.59. The van der Waals surface area contributed by atoms with E-state index in [9.17, 15) is 4.79 Å². The third kappa shape index (κ3) is 4.00. The van der Waals surface area contributed by atoms with Gasteiger partial charge < -0.3 is 10.2 Å². The molecule has 1 aromatic carbocycles. The first-order valence-electron chi connectivity index (χ1n) is 8.58. The van der Waals surface area contributed by atoms with E-state index in [4.69, 9.17) is 0 Å². The van der Waals surface area contributed by atoms with Crippen LogP contribution in [0.1, 0.15) is 30.6 Å². The summed E-state index contributed by atoms with van der Waals surface area (Å²) in [5.41, 5.74) is 1.38. The monoisotopic (exact) mass is 327 g/mol. The van der Waals surface area contributed by atoms with Crippen molar-refractivity contribution in [2.75, 3.05) is 26.2 Å². The molecule has 1 aromatic heterocycles. The molecule has 1 saturated heterocycles. The van der Waals surface area contributed by atoms with Crippen LogP contribution < -0.4 is 5.32 Å².